The Kier molecular flexibility index (Phi) is 6.99. The Morgan fingerprint density at radius 1 is 1.05 bits per heavy atom. The summed E-state index contributed by atoms with van der Waals surface area (Å²) in [6, 6.07) is 6.82. The van der Waals surface area contributed by atoms with E-state index >= 15 is 0 Å². The summed E-state index contributed by atoms with van der Waals surface area (Å²) in [5, 5.41) is 9.16. The number of carboxylic acid groups (broad SMARTS) is 1. The molecule has 1 N–H and O–H groups in total. The highest BCUT2D eigenvalue weighted by Gasteiger charge is 2.46. The van der Waals surface area contributed by atoms with E-state index in [1.54, 1.807) is 19.9 Å². The molecule has 2 fully saturated rings. The lowest BCUT2D eigenvalue weighted by molar-refractivity contribution is -0.129. The van der Waals surface area contributed by atoms with E-state index in [2.05, 4.69) is 45.7 Å². The molecule has 0 spiro atoms. The molecule has 4 heterocycles. The van der Waals surface area contributed by atoms with Crippen LogP contribution in [0.15, 0.2) is 34.9 Å². The fourth-order valence-corrected chi connectivity index (χ4v) is 6.01. The average molecular weight is 561 g/mol. The van der Waals surface area contributed by atoms with E-state index in [9.17, 15) is 14.4 Å². The van der Waals surface area contributed by atoms with Crippen LogP contribution in [0.3, 0.4) is 0 Å². The van der Waals surface area contributed by atoms with Gasteiger partial charge in [0.1, 0.15) is 16.9 Å². The van der Waals surface area contributed by atoms with E-state index in [0.717, 1.165) is 36.9 Å². The highest BCUT2D eigenvalue weighted by Crippen LogP contribution is 2.43. The van der Waals surface area contributed by atoms with E-state index in [1.807, 2.05) is 0 Å². The van der Waals surface area contributed by atoms with Crippen LogP contribution in [0.2, 0.25) is 0 Å². The third-order valence-corrected chi connectivity index (χ3v) is 8.78. The van der Waals surface area contributed by atoms with Crippen molar-refractivity contribution in [2.45, 2.75) is 91.0 Å². The maximum Gasteiger partial charge on any atom is 0.337 e. The number of amides is 2. The zero-order valence-electron chi connectivity index (χ0n) is 25.1. The molecule has 2 amide bonds. The van der Waals surface area contributed by atoms with Crippen molar-refractivity contribution in [3.63, 3.8) is 0 Å². The van der Waals surface area contributed by atoms with Crippen LogP contribution in [-0.4, -0.2) is 56.4 Å². The molecular weight excluding hydrogens is 520 g/mol. The molecule has 3 aromatic rings. The molecule has 9 nitrogen and oxygen atoms in total. The summed E-state index contributed by atoms with van der Waals surface area (Å²) in [6.45, 7) is 15.0. The topological polar surface area (TPSA) is 117 Å². The normalized spacial score (nSPS) is 19.5. The van der Waals surface area contributed by atoms with Gasteiger partial charge in [0.15, 0.2) is 11.3 Å². The van der Waals surface area contributed by atoms with Crippen molar-refractivity contribution in [3.05, 3.63) is 53.0 Å². The van der Waals surface area contributed by atoms with Crippen LogP contribution in [0.1, 0.15) is 112 Å². The Morgan fingerprint density at radius 2 is 1.73 bits per heavy atom. The lowest BCUT2D eigenvalue weighted by Gasteiger charge is -2.45. The fraction of sp³-hybridized carbons (Fsp3) is 0.531. The molecule has 1 aliphatic carbocycles. The third-order valence-electron chi connectivity index (χ3n) is 8.78. The first-order valence-corrected chi connectivity index (χ1v) is 14.4. The van der Waals surface area contributed by atoms with Crippen LogP contribution in [0, 0.1) is 5.41 Å². The summed E-state index contributed by atoms with van der Waals surface area (Å²) in [5.74, 6) is -0.864. The second-order valence-corrected chi connectivity index (χ2v) is 13.8. The summed E-state index contributed by atoms with van der Waals surface area (Å²) in [4.78, 5) is 50.8. The third kappa shape index (κ3) is 5.34. The summed E-state index contributed by atoms with van der Waals surface area (Å²) in [5.41, 5.74) is 2.37. The van der Waals surface area contributed by atoms with Crippen LogP contribution < -0.4 is 4.90 Å². The number of rotatable bonds is 4. The predicted molar refractivity (Wildman–Crippen MR) is 156 cm³/mol. The largest absolute Gasteiger partial charge is 0.478 e. The van der Waals surface area contributed by atoms with E-state index < -0.39 is 11.5 Å². The van der Waals surface area contributed by atoms with Crippen molar-refractivity contribution in [2.75, 3.05) is 18.0 Å². The maximum atomic E-state index is 13.9. The zero-order valence-corrected chi connectivity index (χ0v) is 25.1. The first kappa shape index (κ1) is 28.8. The monoisotopic (exact) mass is 560 g/mol. The van der Waals surface area contributed by atoms with Crippen molar-refractivity contribution in [2.24, 2.45) is 5.41 Å². The smallest absolute Gasteiger partial charge is 0.337 e. The molecule has 0 bridgehead atoms. The Morgan fingerprint density at radius 3 is 2.32 bits per heavy atom. The van der Waals surface area contributed by atoms with Crippen LogP contribution in [0.4, 0.5) is 5.82 Å². The molecule has 0 aromatic carbocycles. The van der Waals surface area contributed by atoms with Gasteiger partial charge in [-0.3, -0.25) is 14.5 Å². The minimum Gasteiger partial charge on any atom is -0.478 e. The Hall–Kier alpha value is -3.75. The Bertz CT molecular complexity index is 1500. The van der Waals surface area contributed by atoms with Gasteiger partial charge >= 0.3 is 5.97 Å². The number of furan rings is 1. The number of carbonyl (C=O) groups is 3. The number of aromatic nitrogens is 2. The van der Waals surface area contributed by atoms with Gasteiger partial charge in [0.05, 0.1) is 5.56 Å². The SMILES string of the molecule is CC1(C)CCC(c2cc(C(C)(C)C)c3oc(C(=O)N4CCN(c5ccc(C(=O)O)cn5)C(=O)C4(C)C)cc3n2)CC1. The van der Waals surface area contributed by atoms with E-state index in [1.165, 1.54) is 28.1 Å². The number of anilines is 1. The zero-order chi connectivity index (χ0) is 29.9. The number of carbonyl (C=O) groups excluding carboxylic acids is 2. The fourth-order valence-electron chi connectivity index (χ4n) is 6.01. The minimum absolute atomic E-state index is 0.0397. The summed E-state index contributed by atoms with van der Waals surface area (Å²) in [7, 11) is 0. The van der Waals surface area contributed by atoms with Crippen LogP contribution >= 0.6 is 0 Å². The summed E-state index contributed by atoms with van der Waals surface area (Å²) in [6.07, 6.45) is 5.73. The molecule has 41 heavy (non-hydrogen) atoms. The summed E-state index contributed by atoms with van der Waals surface area (Å²) < 4.78 is 6.25. The lowest BCUT2D eigenvalue weighted by Crippen LogP contribution is -2.64. The van der Waals surface area contributed by atoms with Crippen molar-refractivity contribution in [1.29, 1.82) is 0 Å². The van der Waals surface area contributed by atoms with Crippen LogP contribution in [0.25, 0.3) is 11.1 Å². The Labute approximate surface area is 240 Å². The van der Waals surface area contributed by atoms with Gasteiger partial charge in [-0.05, 0) is 68.6 Å². The molecule has 2 aliphatic rings. The quantitative estimate of drug-likeness (QED) is 0.405. The molecule has 0 atom stereocenters. The number of hydrogen-bond acceptors (Lipinski definition) is 6. The number of pyridine rings is 2. The van der Waals surface area contributed by atoms with Gasteiger partial charge in [-0.15, -0.1) is 0 Å². The number of hydrogen-bond donors (Lipinski definition) is 1. The maximum absolute atomic E-state index is 13.9. The van der Waals surface area contributed by atoms with Gasteiger partial charge in [-0.2, -0.15) is 0 Å². The minimum atomic E-state index is -1.18. The predicted octanol–water partition coefficient (Wildman–Crippen LogP) is 6.17. The second kappa shape index (κ2) is 9.96. The first-order valence-electron chi connectivity index (χ1n) is 14.4. The molecule has 3 aromatic heterocycles. The number of fused-ring (bicyclic) bond motifs is 1. The number of nitrogens with zero attached hydrogens (tertiary/aromatic N) is 4. The van der Waals surface area contributed by atoms with Crippen molar-refractivity contribution in [1.82, 2.24) is 14.9 Å². The van der Waals surface area contributed by atoms with Crippen molar-refractivity contribution in [3.8, 4) is 0 Å². The number of aromatic carboxylic acids is 1. The van der Waals surface area contributed by atoms with Crippen LogP contribution in [0.5, 0.6) is 0 Å². The van der Waals surface area contributed by atoms with Gasteiger partial charge in [-0.25, -0.2) is 14.8 Å². The lowest BCUT2D eigenvalue weighted by atomic mass is 9.72. The molecule has 218 valence electrons. The molecule has 9 heteroatoms. The van der Waals surface area contributed by atoms with E-state index in [-0.39, 0.29) is 41.6 Å². The Balaban J connectivity index is 1.44. The van der Waals surface area contributed by atoms with Gasteiger partial charge in [-0.1, -0.05) is 34.6 Å². The van der Waals surface area contributed by atoms with Crippen molar-refractivity contribution < 1.29 is 23.9 Å². The molecule has 0 unspecified atom stereocenters. The molecule has 5 rings (SSSR count). The molecule has 1 saturated carbocycles. The van der Waals surface area contributed by atoms with Crippen LogP contribution in [-0.2, 0) is 10.2 Å². The highest BCUT2D eigenvalue weighted by atomic mass is 16.4. The number of piperazine rings is 1. The van der Waals surface area contributed by atoms with Crippen molar-refractivity contribution >= 4 is 34.7 Å². The molecule has 0 radical (unpaired) electrons. The average Bonchev–Trinajstić information content (AvgIpc) is 3.33. The second-order valence-electron chi connectivity index (χ2n) is 13.8. The van der Waals surface area contributed by atoms with E-state index in [4.69, 9.17) is 14.5 Å². The highest BCUT2D eigenvalue weighted by molar-refractivity contribution is 6.05. The molecule has 1 saturated heterocycles. The molecular formula is C32H40N4O5. The van der Waals surface area contributed by atoms with Gasteiger partial charge in [0.25, 0.3) is 11.8 Å². The molecule has 1 aliphatic heterocycles. The van der Waals surface area contributed by atoms with Gasteiger partial charge in [0, 0.05) is 42.5 Å². The summed E-state index contributed by atoms with van der Waals surface area (Å²) >= 11 is 0. The van der Waals surface area contributed by atoms with Gasteiger partial charge < -0.3 is 14.4 Å². The number of carboxylic acids is 1. The van der Waals surface area contributed by atoms with E-state index in [0.29, 0.717) is 28.3 Å². The first-order chi connectivity index (χ1) is 19.1. The standard InChI is InChI=1S/C32H40N4O5/c1-30(2,3)21-16-22(19-10-12-31(4,5)13-11-19)34-23-17-24(41-26(21)23)27(37)36-15-14-35(29(40)32(36,6)7)25-9-8-20(18-33-25)28(38)39/h8-9,16-19H,10-15H2,1-7H3,(H,38,39). The van der Waals surface area contributed by atoms with Gasteiger partial charge in [0.2, 0.25) is 0 Å².